The van der Waals surface area contributed by atoms with E-state index < -0.39 is 0 Å². The number of methoxy groups -OCH3 is 1. The maximum absolute atomic E-state index is 5.19. The van der Waals surface area contributed by atoms with Gasteiger partial charge >= 0.3 is 0 Å². The normalized spacial score (nSPS) is 27.2. The van der Waals surface area contributed by atoms with Crippen LogP contribution in [0.4, 0.5) is 0 Å². The summed E-state index contributed by atoms with van der Waals surface area (Å²) in [4.78, 5) is 0. The van der Waals surface area contributed by atoms with Gasteiger partial charge in [0.1, 0.15) is 5.76 Å². The molecule has 2 heteroatoms. The molecule has 0 spiro atoms. The van der Waals surface area contributed by atoms with Crippen molar-refractivity contribution in [3.05, 3.63) is 11.3 Å². The maximum atomic E-state index is 5.19. The molecule has 0 saturated carbocycles. The standard InChI is InChI=1S/C7H12OS/c1-5-4-9-6(2)7(5)8-3/h6H,4H2,1-3H3. The van der Waals surface area contributed by atoms with Crippen molar-refractivity contribution >= 4 is 11.8 Å². The van der Waals surface area contributed by atoms with Crippen molar-refractivity contribution in [3.8, 4) is 0 Å². The summed E-state index contributed by atoms with van der Waals surface area (Å²) in [6.07, 6.45) is 0. The van der Waals surface area contributed by atoms with Crippen LogP contribution in [0.5, 0.6) is 0 Å². The van der Waals surface area contributed by atoms with Crippen molar-refractivity contribution in [3.63, 3.8) is 0 Å². The Hall–Kier alpha value is -0.110. The van der Waals surface area contributed by atoms with Gasteiger partial charge in [0, 0.05) is 5.75 Å². The van der Waals surface area contributed by atoms with Crippen LogP contribution in [-0.2, 0) is 4.74 Å². The lowest BCUT2D eigenvalue weighted by atomic mass is 10.2. The Balaban J connectivity index is 2.69. The molecule has 1 aliphatic rings. The summed E-state index contributed by atoms with van der Waals surface area (Å²) in [7, 11) is 1.75. The Labute approximate surface area is 60.5 Å². The molecule has 0 amide bonds. The van der Waals surface area contributed by atoms with Crippen LogP contribution in [0.15, 0.2) is 11.3 Å². The van der Waals surface area contributed by atoms with E-state index in [1.807, 2.05) is 11.8 Å². The fourth-order valence-corrected chi connectivity index (χ4v) is 2.18. The Morgan fingerprint density at radius 2 is 2.33 bits per heavy atom. The molecule has 9 heavy (non-hydrogen) atoms. The van der Waals surface area contributed by atoms with Gasteiger partial charge in [0.15, 0.2) is 0 Å². The summed E-state index contributed by atoms with van der Waals surface area (Å²) in [5, 5.41) is 0.579. The van der Waals surface area contributed by atoms with Crippen LogP contribution in [-0.4, -0.2) is 18.1 Å². The summed E-state index contributed by atoms with van der Waals surface area (Å²) >= 11 is 1.94. The Morgan fingerprint density at radius 1 is 1.67 bits per heavy atom. The predicted molar refractivity (Wildman–Crippen MR) is 41.6 cm³/mol. The first-order chi connectivity index (χ1) is 4.25. The molecule has 1 heterocycles. The number of thioether (sulfide) groups is 1. The van der Waals surface area contributed by atoms with Gasteiger partial charge in [-0.15, -0.1) is 11.8 Å². The Bertz CT molecular complexity index is 140. The Morgan fingerprint density at radius 3 is 2.56 bits per heavy atom. The lowest BCUT2D eigenvalue weighted by Gasteiger charge is -2.05. The molecule has 0 aliphatic carbocycles. The number of rotatable bonds is 1. The molecule has 0 aromatic carbocycles. The highest BCUT2D eigenvalue weighted by Crippen LogP contribution is 2.31. The SMILES string of the molecule is COC1=C(C)CSC1C. The molecule has 0 aromatic rings. The summed E-state index contributed by atoms with van der Waals surface area (Å²) < 4.78 is 5.19. The van der Waals surface area contributed by atoms with E-state index in [4.69, 9.17) is 4.74 Å². The largest absolute Gasteiger partial charge is 0.500 e. The zero-order valence-electron chi connectivity index (χ0n) is 6.10. The second-order valence-electron chi connectivity index (χ2n) is 2.30. The molecule has 1 nitrogen and oxygen atoms in total. The average molecular weight is 144 g/mol. The van der Waals surface area contributed by atoms with E-state index in [1.165, 1.54) is 11.3 Å². The summed E-state index contributed by atoms with van der Waals surface area (Å²) in [6.45, 7) is 4.31. The van der Waals surface area contributed by atoms with Gasteiger partial charge in [-0.1, -0.05) is 0 Å². The van der Waals surface area contributed by atoms with Crippen LogP contribution in [0.2, 0.25) is 0 Å². The fourth-order valence-electron chi connectivity index (χ4n) is 1.08. The van der Waals surface area contributed by atoms with Crippen molar-refractivity contribution in [2.24, 2.45) is 0 Å². The van der Waals surface area contributed by atoms with Gasteiger partial charge in [0.05, 0.1) is 12.4 Å². The zero-order valence-corrected chi connectivity index (χ0v) is 6.92. The monoisotopic (exact) mass is 144 g/mol. The maximum Gasteiger partial charge on any atom is 0.108 e. The van der Waals surface area contributed by atoms with E-state index in [9.17, 15) is 0 Å². The lowest BCUT2D eigenvalue weighted by Crippen LogP contribution is -1.98. The summed E-state index contributed by atoms with van der Waals surface area (Å²) in [6, 6.07) is 0. The van der Waals surface area contributed by atoms with Crippen molar-refractivity contribution < 1.29 is 4.74 Å². The van der Waals surface area contributed by atoms with Crippen molar-refractivity contribution in [2.45, 2.75) is 19.1 Å². The highest BCUT2D eigenvalue weighted by molar-refractivity contribution is 8.00. The predicted octanol–water partition coefficient (Wildman–Crippen LogP) is 2.04. The molecule has 1 rings (SSSR count). The lowest BCUT2D eigenvalue weighted by molar-refractivity contribution is 0.281. The van der Waals surface area contributed by atoms with E-state index in [0.717, 1.165) is 5.75 Å². The smallest absolute Gasteiger partial charge is 0.108 e. The highest BCUT2D eigenvalue weighted by atomic mass is 32.2. The molecule has 0 N–H and O–H groups in total. The first-order valence-electron chi connectivity index (χ1n) is 3.11. The molecule has 1 unspecified atom stereocenters. The van der Waals surface area contributed by atoms with Gasteiger partial charge in [0.2, 0.25) is 0 Å². The van der Waals surface area contributed by atoms with Crippen molar-refractivity contribution in [1.29, 1.82) is 0 Å². The quantitative estimate of drug-likeness (QED) is 0.557. The molecule has 0 fully saturated rings. The van der Waals surface area contributed by atoms with Gasteiger partial charge in [-0.05, 0) is 19.4 Å². The van der Waals surface area contributed by atoms with Gasteiger partial charge in [-0.25, -0.2) is 0 Å². The van der Waals surface area contributed by atoms with Crippen LogP contribution in [0.25, 0.3) is 0 Å². The summed E-state index contributed by atoms with van der Waals surface area (Å²) in [5.41, 5.74) is 1.40. The molecule has 1 aliphatic heterocycles. The fraction of sp³-hybridized carbons (Fsp3) is 0.714. The molecular weight excluding hydrogens is 132 g/mol. The third kappa shape index (κ3) is 1.23. The molecular formula is C7H12OS. The van der Waals surface area contributed by atoms with E-state index in [1.54, 1.807) is 7.11 Å². The van der Waals surface area contributed by atoms with Gasteiger partial charge in [-0.2, -0.15) is 0 Å². The van der Waals surface area contributed by atoms with Gasteiger partial charge in [0.25, 0.3) is 0 Å². The number of hydrogen-bond acceptors (Lipinski definition) is 2. The number of hydrogen-bond donors (Lipinski definition) is 0. The summed E-state index contributed by atoms with van der Waals surface area (Å²) in [5.74, 6) is 2.32. The second kappa shape index (κ2) is 2.65. The first-order valence-corrected chi connectivity index (χ1v) is 4.16. The molecule has 52 valence electrons. The minimum atomic E-state index is 0.579. The van der Waals surface area contributed by atoms with Crippen LogP contribution in [0.1, 0.15) is 13.8 Å². The van der Waals surface area contributed by atoms with E-state index in [2.05, 4.69) is 13.8 Å². The minimum Gasteiger partial charge on any atom is -0.500 e. The first kappa shape index (κ1) is 7.00. The third-order valence-corrected chi connectivity index (χ3v) is 2.87. The molecule has 0 aromatic heterocycles. The van der Waals surface area contributed by atoms with Crippen LogP contribution in [0, 0.1) is 0 Å². The van der Waals surface area contributed by atoms with Crippen LogP contribution in [0.3, 0.4) is 0 Å². The molecule has 1 atom stereocenters. The van der Waals surface area contributed by atoms with Gasteiger partial charge in [-0.3, -0.25) is 0 Å². The second-order valence-corrected chi connectivity index (χ2v) is 3.63. The van der Waals surface area contributed by atoms with Gasteiger partial charge < -0.3 is 4.74 Å². The third-order valence-electron chi connectivity index (χ3n) is 1.56. The average Bonchev–Trinajstić information content (AvgIpc) is 2.12. The molecule has 0 saturated heterocycles. The van der Waals surface area contributed by atoms with Crippen molar-refractivity contribution in [2.75, 3.05) is 12.9 Å². The highest BCUT2D eigenvalue weighted by Gasteiger charge is 2.19. The van der Waals surface area contributed by atoms with E-state index in [0.29, 0.717) is 5.25 Å². The van der Waals surface area contributed by atoms with Crippen molar-refractivity contribution in [1.82, 2.24) is 0 Å². The van der Waals surface area contributed by atoms with E-state index in [-0.39, 0.29) is 0 Å². The minimum absolute atomic E-state index is 0.579. The molecule has 0 bridgehead atoms. The molecule has 0 radical (unpaired) electrons. The van der Waals surface area contributed by atoms with Crippen LogP contribution >= 0.6 is 11.8 Å². The van der Waals surface area contributed by atoms with E-state index >= 15 is 0 Å². The Kier molecular flexibility index (Phi) is 2.06. The zero-order chi connectivity index (χ0) is 6.85. The van der Waals surface area contributed by atoms with Crippen LogP contribution < -0.4 is 0 Å². The number of ether oxygens (including phenoxy) is 1. The topological polar surface area (TPSA) is 9.23 Å².